The molecule has 0 aliphatic carbocycles. The van der Waals surface area contributed by atoms with E-state index < -0.39 is 11.4 Å². The smallest absolute Gasteiger partial charge is 0.147 e. The van der Waals surface area contributed by atoms with Gasteiger partial charge in [0.25, 0.3) is 0 Å². The quantitative estimate of drug-likeness (QED) is 0.910. The van der Waals surface area contributed by atoms with E-state index in [1.807, 2.05) is 29.2 Å². The molecule has 5 heteroatoms. The average Bonchev–Trinajstić information content (AvgIpc) is 2.56. The first-order valence-corrected chi connectivity index (χ1v) is 7.83. The molecule has 0 aromatic heterocycles. The maximum absolute atomic E-state index is 14.1. The van der Waals surface area contributed by atoms with Crippen LogP contribution in [0.2, 0.25) is 5.02 Å². The second kappa shape index (κ2) is 6.19. The Morgan fingerprint density at radius 2 is 1.87 bits per heavy atom. The summed E-state index contributed by atoms with van der Waals surface area (Å²) in [6.45, 7) is 1.04. The number of hydrogen-bond donors (Lipinski definition) is 1. The second-order valence-electron chi connectivity index (χ2n) is 5.78. The molecule has 1 aliphatic rings. The Bertz CT molecular complexity index is 764. The van der Waals surface area contributed by atoms with Gasteiger partial charge in [-0.2, -0.15) is 5.26 Å². The van der Waals surface area contributed by atoms with Gasteiger partial charge in [-0.25, -0.2) is 4.39 Å². The van der Waals surface area contributed by atoms with Gasteiger partial charge >= 0.3 is 0 Å². The number of rotatable bonds is 2. The minimum atomic E-state index is -0.988. The maximum atomic E-state index is 14.1. The highest BCUT2D eigenvalue weighted by Gasteiger charge is 2.35. The number of piperidine rings is 1. The van der Waals surface area contributed by atoms with Gasteiger partial charge in [0.2, 0.25) is 0 Å². The van der Waals surface area contributed by atoms with Crippen molar-refractivity contribution in [1.82, 2.24) is 0 Å². The van der Waals surface area contributed by atoms with Gasteiger partial charge in [0, 0.05) is 23.7 Å². The second-order valence-corrected chi connectivity index (χ2v) is 6.18. The van der Waals surface area contributed by atoms with Gasteiger partial charge in [-0.3, -0.25) is 0 Å². The minimum Gasteiger partial charge on any atom is -0.385 e. The van der Waals surface area contributed by atoms with Crippen LogP contribution in [0.1, 0.15) is 24.0 Å². The number of benzene rings is 2. The molecule has 23 heavy (non-hydrogen) atoms. The molecule has 0 spiro atoms. The molecule has 1 fully saturated rings. The lowest BCUT2D eigenvalue weighted by molar-refractivity contribution is 0.0118. The van der Waals surface area contributed by atoms with Crippen LogP contribution in [0, 0.1) is 17.1 Å². The zero-order valence-corrected chi connectivity index (χ0v) is 13.2. The Balaban J connectivity index is 1.79. The first-order chi connectivity index (χ1) is 11.0. The molecule has 0 unspecified atom stereocenters. The summed E-state index contributed by atoms with van der Waals surface area (Å²) in [6, 6.07) is 13.7. The van der Waals surface area contributed by atoms with Crippen molar-refractivity contribution in [1.29, 1.82) is 5.26 Å². The Hall–Kier alpha value is -2.09. The fourth-order valence-corrected chi connectivity index (χ4v) is 3.37. The molecule has 0 amide bonds. The van der Waals surface area contributed by atoms with Crippen molar-refractivity contribution in [3.05, 3.63) is 64.4 Å². The fourth-order valence-electron chi connectivity index (χ4n) is 3.06. The number of hydrogen-bond acceptors (Lipinski definition) is 3. The minimum absolute atomic E-state index is 0.302. The highest BCUT2D eigenvalue weighted by molar-refractivity contribution is 6.31. The molecule has 2 aromatic rings. The molecule has 0 radical (unpaired) electrons. The van der Waals surface area contributed by atoms with E-state index >= 15 is 0 Å². The van der Waals surface area contributed by atoms with E-state index in [1.54, 1.807) is 18.2 Å². The first kappa shape index (κ1) is 15.8. The monoisotopic (exact) mass is 330 g/mol. The molecule has 1 saturated heterocycles. The number of anilines is 1. The average molecular weight is 331 g/mol. The summed E-state index contributed by atoms with van der Waals surface area (Å²) in [5, 5.41) is 20.2. The van der Waals surface area contributed by atoms with Crippen LogP contribution in [0.3, 0.4) is 0 Å². The molecule has 118 valence electrons. The van der Waals surface area contributed by atoms with E-state index in [2.05, 4.69) is 0 Å². The Kier molecular flexibility index (Phi) is 4.25. The van der Waals surface area contributed by atoms with Gasteiger partial charge in [0.05, 0.1) is 22.9 Å². The molecule has 0 atom stereocenters. The Morgan fingerprint density at radius 3 is 2.48 bits per heavy atom. The molecule has 2 aromatic carbocycles. The molecule has 1 aliphatic heterocycles. The maximum Gasteiger partial charge on any atom is 0.147 e. The zero-order chi connectivity index (χ0) is 16.4. The predicted octanol–water partition coefficient (Wildman–Crippen LogP) is 3.84. The van der Waals surface area contributed by atoms with Gasteiger partial charge in [-0.05, 0) is 37.1 Å². The van der Waals surface area contributed by atoms with E-state index in [-0.39, 0.29) is 0 Å². The van der Waals surface area contributed by atoms with Gasteiger partial charge in [-0.15, -0.1) is 0 Å². The number of nitriles is 1. The first-order valence-electron chi connectivity index (χ1n) is 7.45. The fraction of sp³-hybridized carbons (Fsp3) is 0.278. The summed E-state index contributed by atoms with van der Waals surface area (Å²) in [5.41, 5.74) is 0.500. The molecule has 3 nitrogen and oxygen atoms in total. The van der Waals surface area contributed by atoms with Crippen LogP contribution < -0.4 is 4.90 Å². The van der Waals surface area contributed by atoms with Crippen molar-refractivity contribution < 1.29 is 9.50 Å². The van der Waals surface area contributed by atoms with Crippen molar-refractivity contribution in [2.24, 2.45) is 0 Å². The molecule has 1 N–H and O–H groups in total. The van der Waals surface area contributed by atoms with Crippen LogP contribution in [-0.4, -0.2) is 18.2 Å². The topological polar surface area (TPSA) is 47.3 Å². The van der Waals surface area contributed by atoms with Crippen LogP contribution in [0.4, 0.5) is 10.1 Å². The van der Waals surface area contributed by atoms with E-state index in [4.69, 9.17) is 16.9 Å². The lowest BCUT2D eigenvalue weighted by Crippen LogP contribution is -2.43. The van der Waals surface area contributed by atoms with E-state index in [0.717, 1.165) is 5.56 Å². The largest absolute Gasteiger partial charge is 0.385 e. The van der Waals surface area contributed by atoms with Crippen molar-refractivity contribution in [2.45, 2.75) is 18.4 Å². The summed E-state index contributed by atoms with van der Waals surface area (Å²) < 4.78 is 14.1. The molecule has 0 bridgehead atoms. The Labute approximate surface area is 139 Å². The van der Waals surface area contributed by atoms with Crippen LogP contribution in [0.15, 0.2) is 42.5 Å². The van der Waals surface area contributed by atoms with E-state index in [1.165, 1.54) is 6.07 Å². The summed E-state index contributed by atoms with van der Waals surface area (Å²) >= 11 is 6.20. The third kappa shape index (κ3) is 3.03. The van der Waals surface area contributed by atoms with E-state index in [9.17, 15) is 9.50 Å². The van der Waals surface area contributed by atoms with Crippen molar-refractivity contribution in [3.63, 3.8) is 0 Å². The third-order valence-corrected chi connectivity index (χ3v) is 4.71. The summed E-state index contributed by atoms with van der Waals surface area (Å²) in [5.74, 6) is -0.410. The van der Waals surface area contributed by atoms with Gasteiger partial charge < -0.3 is 10.0 Å². The van der Waals surface area contributed by atoms with Gasteiger partial charge in [0.15, 0.2) is 0 Å². The lowest BCUT2D eigenvalue weighted by Gasteiger charge is -2.40. The molecule has 1 heterocycles. The van der Waals surface area contributed by atoms with Gasteiger partial charge in [0.1, 0.15) is 5.82 Å². The zero-order valence-electron chi connectivity index (χ0n) is 12.5. The highest BCUT2D eigenvalue weighted by atomic mass is 35.5. The third-order valence-electron chi connectivity index (χ3n) is 4.38. The number of aliphatic hydroxyl groups is 1. The predicted molar refractivity (Wildman–Crippen MR) is 87.9 cm³/mol. The van der Waals surface area contributed by atoms with Crippen LogP contribution >= 0.6 is 11.6 Å². The SMILES string of the molecule is N#Cc1ccc(N2CCC(O)(c3ccccc3Cl)CC2)c(F)c1. The molecular formula is C18H16ClFN2O. The van der Waals surface area contributed by atoms with Crippen LogP contribution in [-0.2, 0) is 5.60 Å². The van der Waals surface area contributed by atoms with Crippen LogP contribution in [0.25, 0.3) is 0 Å². The summed E-state index contributed by atoms with van der Waals surface area (Å²) in [4.78, 5) is 1.89. The van der Waals surface area contributed by atoms with Crippen molar-refractivity contribution in [2.75, 3.05) is 18.0 Å². The normalized spacial score (nSPS) is 16.9. The summed E-state index contributed by atoms with van der Waals surface area (Å²) in [6.07, 6.45) is 0.937. The van der Waals surface area contributed by atoms with Gasteiger partial charge in [-0.1, -0.05) is 29.8 Å². The summed E-state index contributed by atoms with van der Waals surface area (Å²) in [7, 11) is 0. The van der Waals surface area contributed by atoms with Crippen LogP contribution in [0.5, 0.6) is 0 Å². The lowest BCUT2D eigenvalue weighted by atomic mass is 9.84. The standard InChI is InChI=1S/C18H16ClFN2O/c19-15-4-2-1-3-14(15)18(23)7-9-22(10-8-18)17-6-5-13(12-21)11-16(17)20/h1-6,11,23H,7-10H2. The molecular weight excluding hydrogens is 315 g/mol. The number of nitrogens with zero attached hydrogens (tertiary/aromatic N) is 2. The molecule has 0 saturated carbocycles. The highest BCUT2D eigenvalue weighted by Crippen LogP contribution is 2.38. The molecule has 3 rings (SSSR count). The van der Waals surface area contributed by atoms with E-state index in [0.29, 0.717) is 42.2 Å². The Morgan fingerprint density at radius 1 is 1.17 bits per heavy atom. The van der Waals surface area contributed by atoms with Crippen molar-refractivity contribution in [3.8, 4) is 6.07 Å². The van der Waals surface area contributed by atoms with Crippen molar-refractivity contribution >= 4 is 17.3 Å². The number of halogens is 2.